The molecule has 0 spiro atoms. The molecular formula is C12H17ClN2O2. The predicted molar refractivity (Wildman–Crippen MR) is 69.5 cm³/mol. The summed E-state index contributed by atoms with van der Waals surface area (Å²) in [5.41, 5.74) is 1.19. The van der Waals surface area contributed by atoms with Gasteiger partial charge in [0.05, 0.1) is 10.7 Å². The van der Waals surface area contributed by atoms with Crippen molar-refractivity contribution in [2.75, 3.05) is 27.2 Å². The maximum Gasteiger partial charge on any atom is 0.147 e. The van der Waals surface area contributed by atoms with Crippen molar-refractivity contribution < 1.29 is 9.94 Å². The van der Waals surface area contributed by atoms with Crippen LogP contribution in [0.5, 0.6) is 5.75 Å². The van der Waals surface area contributed by atoms with Gasteiger partial charge in [-0.05, 0) is 33.2 Å². The molecule has 0 aliphatic carbocycles. The highest BCUT2D eigenvalue weighted by atomic mass is 35.5. The Labute approximate surface area is 106 Å². The zero-order valence-corrected chi connectivity index (χ0v) is 11.0. The third kappa shape index (κ3) is 3.91. The quantitative estimate of drug-likeness (QED) is 0.500. The molecule has 1 N–H and O–H groups in total. The van der Waals surface area contributed by atoms with Crippen LogP contribution in [0.2, 0.25) is 5.02 Å². The van der Waals surface area contributed by atoms with Crippen LogP contribution >= 0.6 is 11.6 Å². The van der Waals surface area contributed by atoms with Crippen LogP contribution in [0.25, 0.3) is 0 Å². The lowest BCUT2D eigenvalue weighted by molar-refractivity contribution is 0.261. The van der Waals surface area contributed by atoms with E-state index in [0.29, 0.717) is 28.7 Å². The second-order valence-corrected chi connectivity index (χ2v) is 4.36. The standard InChI is InChI=1S/C12H17ClN2O2/c1-9(14-16)10-5-4-6-11(13)12(10)17-8-7-15(2)3/h4-6,16H,7-8H2,1-3H3/b14-9+. The van der Waals surface area contributed by atoms with E-state index >= 15 is 0 Å². The van der Waals surface area contributed by atoms with Gasteiger partial charge >= 0.3 is 0 Å². The van der Waals surface area contributed by atoms with E-state index in [1.54, 1.807) is 19.1 Å². The van der Waals surface area contributed by atoms with E-state index in [2.05, 4.69) is 5.16 Å². The van der Waals surface area contributed by atoms with Crippen LogP contribution in [0.3, 0.4) is 0 Å². The SMILES string of the molecule is C/C(=N\O)c1cccc(Cl)c1OCCN(C)C. The van der Waals surface area contributed by atoms with E-state index in [9.17, 15) is 0 Å². The highest BCUT2D eigenvalue weighted by Gasteiger charge is 2.11. The average Bonchev–Trinajstić information content (AvgIpc) is 2.29. The number of hydrogen-bond donors (Lipinski definition) is 1. The van der Waals surface area contributed by atoms with E-state index in [4.69, 9.17) is 21.5 Å². The molecule has 0 unspecified atom stereocenters. The Kier molecular flexibility index (Phi) is 5.25. The number of nitrogens with zero attached hydrogens (tertiary/aromatic N) is 2. The number of oxime groups is 1. The molecule has 1 rings (SSSR count). The van der Waals surface area contributed by atoms with Gasteiger partial charge in [0.2, 0.25) is 0 Å². The minimum atomic E-state index is 0.479. The van der Waals surface area contributed by atoms with Gasteiger partial charge in [0.25, 0.3) is 0 Å². The monoisotopic (exact) mass is 256 g/mol. The van der Waals surface area contributed by atoms with Crippen molar-refractivity contribution in [2.45, 2.75) is 6.92 Å². The molecule has 5 heteroatoms. The summed E-state index contributed by atoms with van der Waals surface area (Å²) in [7, 11) is 3.94. The predicted octanol–water partition coefficient (Wildman–Crippen LogP) is 2.48. The normalized spacial score (nSPS) is 11.9. The molecule has 4 nitrogen and oxygen atoms in total. The average molecular weight is 257 g/mol. The molecule has 0 bridgehead atoms. The molecule has 0 aromatic heterocycles. The summed E-state index contributed by atoms with van der Waals surface area (Å²) in [5, 5.41) is 12.5. The number of halogens is 1. The molecule has 17 heavy (non-hydrogen) atoms. The lowest BCUT2D eigenvalue weighted by Gasteiger charge is -2.14. The molecule has 0 fully saturated rings. The highest BCUT2D eigenvalue weighted by Crippen LogP contribution is 2.29. The van der Waals surface area contributed by atoms with E-state index in [-0.39, 0.29) is 0 Å². The van der Waals surface area contributed by atoms with Crippen LogP contribution in [-0.4, -0.2) is 43.1 Å². The van der Waals surface area contributed by atoms with Gasteiger partial charge in [-0.2, -0.15) is 0 Å². The molecule has 0 saturated heterocycles. The Bertz CT molecular complexity index is 405. The van der Waals surface area contributed by atoms with Crippen molar-refractivity contribution in [3.05, 3.63) is 28.8 Å². The summed E-state index contributed by atoms with van der Waals surface area (Å²) in [4.78, 5) is 2.02. The van der Waals surface area contributed by atoms with Crippen molar-refractivity contribution in [3.8, 4) is 5.75 Å². The topological polar surface area (TPSA) is 45.1 Å². The molecule has 0 saturated carbocycles. The first-order chi connectivity index (χ1) is 8.06. The van der Waals surface area contributed by atoms with Crippen LogP contribution in [-0.2, 0) is 0 Å². The zero-order valence-electron chi connectivity index (χ0n) is 10.3. The fourth-order valence-corrected chi connectivity index (χ4v) is 1.55. The Morgan fingerprint density at radius 1 is 1.47 bits per heavy atom. The van der Waals surface area contributed by atoms with Gasteiger partial charge < -0.3 is 14.8 Å². The fourth-order valence-electron chi connectivity index (χ4n) is 1.32. The van der Waals surface area contributed by atoms with Crippen molar-refractivity contribution in [3.63, 3.8) is 0 Å². The van der Waals surface area contributed by atoms with Crippen LogP contribution < -0.4 is 4.74 Å². The van der Waals surface area contributed by atoms with Crippen molar-refractivity contribution >= 4 is 17.3 Å². The summed E-state index contributed by atoms with van der Waals surface area (Å²) >= 11 is 6.07. The Balaban J connectivity index is 2.88. The van der Waals surface area contributed by atoms with E-state index in [0.717, 1.165) is 6.54 Å². The van der Waals surface area contributed by atoms with Crippen LogP contribution in [0.1, 0.15) is 12.5 Å². The largest absolute Gasteiger partial charge is 0.490 e. The Hall–Kier alpha value is -1.26. The summed E-state index contributed by atoms with van der Waals surface area (Å²) in [6.45, 7) is 3.02. The third-order valence-corrected chi connectivity index (χ3v) is 2.59. The van der Waals surface area contributed by atoms with Gasteiger partial charge in [-0.15, -0.1) is 0 Å². The molecular weight excluding hydrogens is 240 g/mol. The van der Waals surface area contributed by atoms with Crippen LogP contribution in [0.15, 0.2) is 23.4 Å². The maximum atomic E-state index is 8.80. The van der Waals surface area contributed by atoms with Gasteiger partial charge in [0.15, 0.2) is 0 Å². The molecule has 1 aromatic carbocycles. The molecule has 0 atom stereocenters. The molecule has 0 amide bonds. The Morgan fingerprint density at radius 3 is 2.76 bits per heavy atom. The summed E-state index contributed by atoms with van der Waals surface area (Å²) < 4.78 is 5.64. The number of rotatable bonds is 5. The smallest absolute Gasteiger partial charge is 0.147 e. The summed E-state index contributed by atoms with van der Waals surface area (Å²) in [6, 6.07) is 5.36. The van der Waals surface area contributed by atoms with Crippen molar-refractivity contribution in [2.24, 2.45) is 5.16 Å². The fraction of sp³-hybridized carbons (Fsp3) is 0.417. The van der Waals surface area contributed by atoms with Crippen LogP contribution in [0, 0.1) is 0 Å². The zero-order chi connectivity index (χ0) is 12.8. The number of benzene rings is 1. The molecule has 1 aromatic rings. The van der Waals surface area contributed by atoms with Gasteiger partial charge in [-0.25, -0.2) is 0 Å². The maximum absolute atomic E-state index is 8.80. The first kappa shape index (κ1) is 13.8. The van der Waals surface area contributed by atoms with E-state index in [1.165, 1.54) is 0 Å². The second kappa shape index (κ2) is 6.47. The molecule has 0 heterocycles. The summed E-state index contributed by atoms with van der Waals surface area (Å²) in [6.07, 6.45) is 0. The highest BCUT2D eigenvalue weighted by molar-refractivity contribution is 6.32. The van der Waals surface area contributed by atoms with Gasteiger partial charge in [-0.1, -0.05) is 22.8 Å². The second-order valence-electron chi connectivity index (χ2n) is 3.95. The minimum Gasteiger partial charge on any atom is -0.490 e. The molecule has 0 radical (unpaired) electrons. The first-order valence-electron chi connectivity index (χ1n) is 5.31. The van der Waals surface area contributed by atoms with E-state index < -0.39 is 0 Å². The van der Waals surface area contributed by atoms with Gasteiger partial charge in [0.1, 0.15) is 12.4 Å². The van der Waals surface area contributed by atoms with Crippen molar-refractivity contribution in [1.82, 2.24) is 4.90 Å². The Morgan fingerprint density at radius 2 is 2.18 bits per heavy atom. The lowest BCUT2D eigenvalue weighted by atomic mass is 10.1. The van der Waals surface area contributed by atoms with E-state index in [1.807, 2.05) is 25.1 Å². The molecule has 0 aliphatic rings. The number of likely N-dealkylation sites (N-methyl/N-ethyl adjacent to an activating group) is 1. The number of ether oxygens (including phenoxy) is 1. The molecule has 0 aliphatic heterocycles. The minimum absolute atomic E-state index is 0.479. The number of hydrogen-bond acceptors (Lipinski definition) is 4. The van der Waals surface area contributed by atoms with Crippen LogP contribution in [0.4, 0.5) is 0 Å². The van der Waals surface area contributed by atoms with Gasteiger partial charge in [0, 0.05) is 12.1 Å². The van der Waals surface area contributed by atoms with Crippen molar-refractivity contribution in [1.29, 1.82) is 0 Å². The lowest BCUT2D eigenvalue weighted by Crippen LogP contribution is -2.20. The third-order valence-electron chi connectivity index (χ3n) is 2.29. The molecule has 94 valence electrons. The van der Waals surface area contributed by atoms with Gasteiger partial charge in [-0.3, -0.25) is 0 Å². The number of para-hydroxylation sites is 1. The first-order valence-corrected chi connectivity index (χ1v) is 5.69. The summed E-state index contributed by atoms with van der Waals surface area (Å²) in [5.74, 6) is 0.561.